The average molecular weight is 476 g/mol. The molecule has 35 heavy (non-hydrogen) atoms. The van der Waals surface area contributed by atoms with Gasteiger partial charge in [0.1, 0.15) is 11.6 Å². The van der Waals surface area contributed by atoms with Gasteiger partial charge in [0.25, 0.3) is 12.3 Å². The van der Waals surface area contributed by atoms with E-state index >= 15 is 0 Å². The molecular formula is C25H22F2N6O2. The molecule has 1 aromatic carbocycles. The quantitative estimate of drug-likeness (QED) is 0.440. The monoisotopic (exact) mass is 476 g/mol. The van der Waals surface area contributed by atoms with E-state index in [9.17, 15) is 13.6 Å². The maximum Gasteiger partial charge on any atom is 0.265 e. The van der Waals surface area contributed by atoms with Crippen molar-refractivity contribution in [2.45, 2.75) is 39.1 Å². The Morgan fingerprint density at radius 3 is 2.60 bits per heavy atom. The number of carbonyl (C=O) groups is 1. The summed E-state index contributed by atoms with van der Waals surface area (Å²) in [5.41, 5.74) is 9.24. The Morgan fingerprint density at radius 2 is 1.89 bits per heavy atom. The first-order valence-electron chi connectivity index (χ1n) is 11.0. The molecule has 0 spiro atoms. The lowest BCUT2D eigenvalue weighted by Crippen LogP contribution is -2.34. The lowest BCUT2D eigenvalue weighted by atomic mass is 10.0. The standard InChI is InChI=1S/C25H22F2N6O2/c1-14(24-29-7-2-8-30-24)33(11-17-5-3-16(10-31-17)22(26)27)25(34)15-4-6-21-18(9-15)19-12-35-13-20(19)23(28)32-21/h2-10,14,22H,11-13H2,1H3,(H2,28,32). The molecule has 1 aliphatic heterocycles. The Kier molecular flexibility index (Phi) is 6.04. The van der Waals surface area contributed by atoms with Gasteiger partial charge in [-0.25, -0.2) is 23.7 Å². The number of hydrogen-bond donors (Lipinski definition) is 1. The summed E-state index contributed by atoms with van der Waals surface area (Å²) in [5, 5.41) is 0.806. The zero-order chi connectivity index (χ0) is 24.5. The first kappa shape index (κ1) is 22.7. The normalized spacial score (nSPS) is 13.7. The van der Waals surface area contributed by atoms with E-state index < -0.39 is 12.5 Å². The van der Waals surface area contributed by atoms with Crippen LogP contribution in [0.25, 0.3) is 10.9 Å². The molecule has 4 heterocycles. The van der Waals surface area contributed by atoms with Crippen molar-refractivity contribution in [1.82, 2.24) is 24.8 Å². The molecule has 1 atom stereocenters. The number of anilines is 1. The van der Waals surface area contributed by atoms with Crippen LogP contribution in [-0.2, 0) is 24.5 Å². The van der Waals surface area contributed by atoms with Crippen LogP contribution in [0.5, 0.6) is 0 Å². The lowest BCUT2D eigenvalue weighted by Gasteiger charge is -2.28. The number of benzene rings is 1. The second-order valence-corrected chi connectivity index (χ2v) is 8.28. The molecular weight excluding hydrogens is 454 g/mol. The fourth-order valence-corrected chi connectivity index (χ4v) is 4.15. The van der Waals surface area contributed by atoms with E-state index in [4.69, 9.17) is 10.5 Å². The van der Waals surface area contributed by atoms with Crippen LogP contribution in [0.15, 0.2) is 55.0 Å². The lowest BCUT2D eigenvalue weighted by molar-refractivity contribution is 0.0663. The molecule has 3 aromatic heterocycles. The van der Waals surface area contributed by atoms with Crippen molar-refractivity contribution >= 4 is 22.6 Å². The number of aromatic nitrogens is 4. The van der Waals surface area contributed by atoms with Crippen LogP contribution in [0.2, 0.25) is 0 Å². The highest BCUT2D eigenvalue weighted by atomic mass is 19.3. The van der Waals surface area contributed by atoms with Crippen molar-refractivity contribution in [3.05, 3.63) is 88.8 Å². The Balaban J connectivity index is 1.53. The first-order valence-corrected chi connectivity index (χ1v) is 11.0. The number of rotatable bonds is 6. The molecule has 0 fully saturated rings. The number of pyridine rings is 2. The minimum Gasteiger partial charge on any atom is -0.383 e. The fraction of sp³-hybridized carbons (Fsp3) is 0.240. The van der Waals surface area contributed by atoms with Crippen molar-refractivity contribution in [2.24, 2.45) is 0 Å². The van der Waals surface area contributed by atoms with E-state index in [2.05, 4.69) is 19.9 Å². The second-order valence-electron chi connectivity index (χ2n) is 8.28. The average Bonchev–Trinajstić information content (AvgIpc) is 3.38. The molecule has 0 bridgehead atoms. The number of carbonyl (C=O) groups excluding carboxylic acids is 1. The van der Waals surface area contributed by atoms with Crippen LogP contribution in [0.3, 0.4) is 0 Å². The van der Waals surface area contributed by atoms with Gasteiger partial charge in [-0.1, -0.05) is 0 Å². The molecule has 0 saturated carbocycles. The molecule has 1 amide bonds. The molecule has 0 saturated heterocycles. The van der Waals surface area contributed by atoms with Gasteiger partial charge >= 0.3 is 0 Å². The van der Waals surface area contributed by atoms with E-state index in [-0.39, 0.29) is 18.0 Å². The minimum atomic E-state index is -2.61. The predicted octanol–water partition coefficient (Wildman–Crippen LogP) is 4.37. The Bertz CT molecular complexity index is 1380. The molecule has 4 aromatic rings. The summed E-state index contributed by atoms with van der Waals surface area (Å²) in [6.45, 7) is 2.68. The van der Waals surface area contributed by atoms with E-state index in [1.807, 2.05) is 6.92 Å². The molecule has 178 valence electrons. The molecule has 8 nitrogen and oxygen atoms in total. The third-order valence-corrected chi connectivity index (χ3v) is 6.10. The van der Waals surface area contributed by atoms with Crippen LogP contribution in [0.1, 0.15) is 58.0 Å². The molecule has 0 radical (unpaired) electrons. The molecule has 5 rings (SSSR count). The van der Waals surface area contributed by atoms with Gasteiger partial charge in [-0.3, -0.25) is 9.78 Å². The highest BCUT2D eigenvalue weighted by Crippen LogP contribution is 2.32. The second kappa shape index (κ2) is 9.30. The van der Waals surface area contributed by atoms with Crippen molar-refractivity contribution in [3.63, 3.8) is 0 Å². The number of amides is 1. The Labute approximate surface area is 199 Å². The minimum absolute atomic E-state index is 0.0843. The van der Waals surface area contributed by atoms with Gasteiger partial charge in [-0.05, 0) is 48.9 Å². The summed E-state index contributed by atoms with van der Waals surface area (Å²) in [4.78, 5) is 32.6. The third-order valence-electron chi connectivity index (χ3n) is 6.10. The van der Waals surface area contributed by atoms with E-state index in [0.717, 1.165) is 22.7 Å². The molecule has 2 N–H and O–H groups in total. The van der Waals surface area contributed by atoms with Crippen LogP contribution < -0.4 is 5.73 Å². The predicted molar refractivity (Wildman–Crippen MR) is 124 cm³/mol. The van der Waals surface area contributed by atoms with Crippen molar-refractivity contribution in [1.29, 1.82) is 0 Å². The number of ether oxygens (including phenoxy) is 1. The van der Waals surface area contributed by atoms with Crippen LogP contribution in [0.4, 0.5) is 14.6 Å². The van der Waals surface area contributed by atoms with Gasteiger partial charge in [0.05, 0.1) is 37.0 Å². The maximum absolute atomic E-state index is 13.8. The summed E-state index contributed by atoms with van der Waals surface area (Å²) in [7, 11) is 0. The van der Waals surface area contributed by atoms with Crippen molar-refractivity contribution in [3.8, 4) is 0 Å². The molecule has 1 unspecified atom stereocenters. The Morgan fingerprint density at radius 1 is 1.11 bits per heavy atom. The van der Waals surface area contributed by atoms with Gasteiger partial charge in [-0.15, -0.1) is 0 Å². The fourth-order valence-electron chi connectivity index (χ4n) is 4.15. The largest absolute Gasteiger partial charge is 0.383 e. The molecule has 10 heteroatoms. The number of alkyl halides is 2. The van der Waals surface area contributed by atoms with Crippen molar-refractivity contribution < 1.29 is 18.3 Å². The van der Waals surface area contributed by atoms with Gasteiger partial charge in [0.15, 0.2) is 0 Å². The third kappa shape index (κ3) is 4.40. The number of halogens is 2. The number of hydrogen-bond acceptors (Lipinski definition) is 7. The highest BCUT2D eigenvalue weighted by molar-refractivity contribution is 5.99. The Hall–Kier alpha value is -4.05. The summed E-state index contributed by atoms with van der Waals surface area (Å²) >= 11 is 0. The van der Waals surface area contributed by atoms with Gasteiger partial charge in [0, 0.05) is 40.7 Å². The summed E-state index contributed by atoms with van der Waals surface area (Å²) < 4.78 is 31.5. The topological polar surface area (TPSA) is 107 Å². The zero-order valence-corrected chi connectivity index (χ0v) is 18.9. The number of nitrogens with two attached hydrogens (primary N) is 1. The van der Waals surface area contributed by atoms with E-state index in [1.165, 1.54) is 12.1 Å². The smallest absolute Gasteiger partial charge is 0.265 e. The van der Waals surface area contributed by atoms with E-state index in [0.29, 0.717) is 41.6 Å². The summed E-state index contributed by atoms with van der Waals surface area (Å²) in [5.74, 6) is 0.601. The van der Waals surface area contributed by atoms with Gasteiger partial charge < -0.3 is 15.4 Å². The number of nitrogens with zero attached hydrogens (tertiary/aromatic N) is 5. The van der Waals surface area contributed by atoms with Crippen LogP contribution >= 0.6 is 0 Å². The number of fused-ring (bicyclic) bond motifs is 3. The van der Waals surface area contributed by atoms with Gasteiger partial charge in [-0.2, -0.15) is 0 Å². The van der Waals surface area contributed by atoms with E-state index in [1.54, 1.807) is 41.6 Å². The van der Waals surface area contributed by atoms with Crippen molar-refractivity contribution in [2.75, 3.05) is 5.73 Å². The zero-order valence-electron chi connectivity index (χ0n) is 18.9. The summed E-state index contributed by atoms with van der Waals surface area (Å²) in [6.07, 6.45) is 1.72. The first-order chi connectivity index (χ1) is 16.9. The highest BCUT2D eigenvalue weighted by Gasteiger charge is 2.27. The van der Waals surface area contributed by atoms with Crippen LogP contribution in [0, 0.1) is 0 Å². The molecule has 0 aliphatic carbocycles. The molecule has 1 aliphatic rings. The number of nitrogen functional groups attached to an aromatic ring is 1. The summed E-state index contributed by atoms with van der Waals surface area (Å²) in [6, 6.07) is 9.24. The SMILES string of the molecule is CC(c1ncccn1)N(Cc1ccc(C(F)F)cn1)C(=O)c1ccc2nc(N)c3c(c2c1)COC3. The maximum atomic E-state index is 13.8. The van der Waals surface area contributed by atoms with Gasteiger partial charge in [0.2, 0.25) is 0 Å². The van der Waals surface area contributed by atoms with Crippen LogP contribution in [-0.4, -0.2) is 30.7 Å².